The van der Waals surface area contributed by atoms with Gasteiger partial charge in [-0.1, -0.05) is 11.6 Å². The third kappa shape index (κ3) is 2.80. The first kappa shape index (κ1) is 14.9. The summed E-state index contributed by atoms with van der Waals surface area (Å²) in [6.07, 6.45) is 6.96. The Morgan fingerprint density at radius 3 is 2.61 bits per heavy atom. The molecule has 2 aromatic rings. The summed E-state index contributed by atoms with van der Waals surface area (Å²) in [6, 6.07) is 7.99. The van der Waals surface area contributed by atoms with Gasteiger partial charge >= 0.3 is 0 Å². The highest BCUT2D eigenvalue weighted by Crippen LogP contribution is 2.30. The van der Waals surface area contributed by atoms with E-state index in [1.54, 1.807) is 6.33 Å². The Hall–Kier alpha value is -1.68. The molecule has 3 heterocycles. The molecule has 23 heavy (non-hydrogen) atoms. The van der Waals surface area contributed by atoms with E-state index in [1.807, 2.05) is 0 Å². The van der Waals surface area contributed by atoms with Crippen molar-refractivity contribution < 1.29 is 0 Å². The first-order valence-electron chi connectivity index (χ1n) is 8.94. The lowest BCUT2D eigenvalue weighted by Gasteiger charge is -2.39. The van der Waals surface area contributed by atoms with E-state index in [4.69, 9.17) is 0 Å². The second-order valence-electron chi connectivity index (χ2n) is 7.17. The van der Waals surface area contributed by atoms with Gasteiger partial charge in [0.25, 0.3) is 0 Å². The van der Waals surface area contributed by atoms with Crippen LogP contribution in [0.1, 0.15) is 38.2 Å². The minimum absolute atomic E-state index is 0.763. The molecule has 2 fully saturated rings. The summed E-state index contributed by atoms with van der Waals surface area (Å²) >= 11 is 0. The topological polar surface area (TPSA) is 32.3 Å². The van der Waals surface area contributed by atoms with Crippen molar-refractivity contribution in [2.75, 3.05) is 24.5 Å². The maximum absolute atomic E-state index is 4.61. The van der Waals surface area contributed by atoms with E-state index in [1.165, 1.54) is 43.2 Å². The number of anilines is 1. The highest BCUT2D eigenvalue weighted by Gasteiger charge is 2.31. The fraction of sp³-hybridized carbons (Fsp3) is 0.579. The van der Waals surface area contributed by atoms with Crippen molar-refractivity contribution in [1.82, 2.24) is 14.9 Å². The SMILES string of the molecule is Cc1ccc2ncnc(N3CCC(N4CCCC4C)CC3)c2c1. The molecule has 0 amide bonds. The predicted octanol–water partition coefficient (Wildman–Crippen LogP) is 3.39. The summed E-state index contributed by atoms with van der Waals surface area (Å²) in [4.78, 5) is 14.2. The van der Waals surface area contributed by atoms with Gasteiger partial charge in [-0.2, -0.15) is 0 Å². The molecule has 2 aliphatic heterocycles. The molecule has 1 unspecified atom stereocenters. The summed E-state index contributed by atoms with van der Waals surface area (Å²) in [5, 5.41) is 1.19. The summed E-state index contributed by atoms with van der Waals surface area (Å²) in [5.41, 5.74) is 2.32. The van der Waals surface area contributed by atoms with Gasteiger partial charge in [-0.3, -0.25) is 4.90 Å². The number of likely N-dealkylation sites (tertiary alicyclic amines) is 1. The molecular weight excluding hydrogens is 284 g/mol. The van der Waals surface area contributed by atoms with E-state index in [2.05, 4.69) is 51.8 Å². The van der Waals surface area contributed by atoms with Gasteiger partial charge in [0.1, 0.15) is 12.1 Å². The van der Waals surface area contributed by atoms with Crippen LogP contribution in [0.25, 0.3) is 10.9 Å². The molecule has 1 aromatic carbocycles. The maximum Gasteiger partial charge on any atom is 0.139 e. The average Bonchev–Trinajstić information content (AvgIpc) is 3.00. The number of hydrogen-bond donors (Lipinski definition) is 0. The minimum atomic E-state index is 0.763. The smallest absolute Gasteiger partial charge is 0.139 e. The Morgan fingerprint density at radius 1 is 1.04 bits per heavy atom. The highest BCUT2D eigenvalue weighted by atomic mass is 15.2. The molecule has 4 nitrogen and oxygen atoms in total. The lowest BCUT2D eigenvalue weighted by molar-refractivity contribution is 0.163. The Kier molecular flexibility index (Phi) is 3.93. The first-order valence-corrected chi connectivity index (χ1v) is 8.94. The van der Waals surface area contributed by atoms with Crippen LogP contribution < -0.4 is 4.90 Å². The van der Waals surface area contributed by atoms with E-state index in [-0.39, 0.29) is 0 Å². The number of hydrogen-bond acceptors (Lipinski definition) is 4. The number of rotatable bonds is 2. The molecule has 1 aromatic heterocycles. The van der Waals surface area contributed by atoms with Crippen molar-refractivity contribution in [3.63, 3.8) is 0 Å². The first-order chi connectivity index (χ1) is 11.2. The fourth-order valence-corrected chi connectivity index (χ4v) is 4.32. The van der Waals surface area contributed by atoms with Crippen LogP contribution >= 0.6 is 0 Å². The quantitative estimate of drug-likeness (QED) is 0.851. The number of fused-ring (bicyclic) bond motifs is 1. The molecule has 1 atom stereocenters. The summed E-state index contributed by atoms with van der Waals surface area (Å²) in [7, 11) is 0. The van der Waals surface area contributed by atoms with Crippen LogP contribution in [0.5, 0.6) is 0 Å². The zero-order valence-electron chi connectivity index (χ0n) is 14.2. The van der Waals surface area contributed by atoms with Gasteiger partial charge in [0.2, 0.25) is 0 Å². The maximum atomic E-state index is 4.61. The summed E-state index contributed by atoms with van der Waals surface area (Å²) in [5.74, 6) is 1.12. The number of nitrogens with zero attached hydrogens (tertiary/aromatic N) is 4. The van der Waals surface area contributed by atoms with Crippen LogP contribution in [0, 0.1) is 6.92 Å². The number of aromatic nitrogens is 2. The Morgan fingerprint density at radius 2 is 1.87 bits per heavy atom. The third-order valence-electron chi connectivity index (χ3n) is 5.61. The van der Waals surface area contributed by atoms with Crippen LogP contribution in [0.2, 0.25) is 0 Å². The molecule has 0 aliphatic carbocycles. The number of aryl methyl sites for hydroxylation is 1. The minimum Gasteiger partial charge on any atom is -0.356 e. The van der Waals surface area contributed by atoms with Crippen LogP contribution in [-0.4, -0.2) is 46.6 Å². The molecule has 2 saturated heterocycles. The standard InChI is InChI=1S/C19H26N4/c1-14-5-6-18-17(12-14)19(21-13-20-18)22-10-7-16(8-11-22)23-9-3-4-15(23)2/h5-6,12-13,15-16H,3-4,7-11H2,1-2H3. The van der Waals surface area contributed by atoms with Gasteiger partial charge < -0.3 is 4.90 Å². The Balaban J connectivity index is 1.53. The van der Waals surface area contributed by atoms with E-state index in [0.29, 0.717) is 0 Å². The van der Waals surface area contributed by atoms with E-state index in [0.717, 1.165) is 36.5 Å². The molecule has 0 bridgehead atoms. The monoisotopic (exact) mass is 310 g/mol. The summed E-state index contributed by atoms with van der Waals surface area (Å²) < 4.78 is 0. The lowest BCUT2D eigenvalue weighted by Crippen LogP contribution is -2.46. The van der Waals surface area contributed by atoms with Crippen molar-refractivity contribution in [1.29, 1.82) is 0 Å². The van der Waals surface area contributed by atoms with Gasteiger partial charge in [-0.15, -0.1) is 0 Å². The fourth-order valence-electron chi connectivity index (χ4n) is 4.32. The van der Waals surface area contributed by atoms with Crippen molar-refractivity contribution in [3.8, 4) is 0 Å². The summed E-state index contributed by atoms with van der Waals surface area (Å²) in [6.45, 7) is 8.03. The van der Waals surface area contributed by atoms with Crippen molar-refractivity contribution in [3.05, 3.63) is 30.1 Å². The second-order valence-corrected chi connectivity index (χ2v) is 7.17. The zero-order chi connectivity index (χ0) is 15.8. The molecule has 0 spiro atoms. The molecule has 0 N–H and O–H groups in total. The van der Waals surface area contributed by atoms with Crippen LogP contribution in [-0.2, 0) is 0 Å². The lowest BCUT2D eigenvalue weighted by atomic mass is 10.0. The third-order valence-corrected chi connectivity index (χ3v) is 5.61. The molecule has 4 rings (SSSR count). The molecule has 0 radical (unpaired) electrons. The zero-order valence-corrected chi connectivity index (χ0v) is 14.2. The van der Waals surface area contributed by atoms with E-state index < -0.39 is 0 Å². The van der Waals surface area contributed by atoms with Gasteiger partial charge in [-0.25, -0.2) is 9.97 Å². The van der Waals surface area contributed by atoms with Crippen LogP contribution in [0.4, 0.5) is 5.82 Å². The molecule has 2 aliphatic rings. The second kappa shape index (κ2) is 6.08. The largest absolute Gasteiger partial charge is 0.356 e. The Labute approximate surface area is 138 Å². The van der Waals surface area contributed by atoms with Crippen molar-refractivity contribution >= 4 is 16.7 Å². The molecule has 0 saturated carbocycles. The van der Waals surface area contributed by atoms with Gasteiger partial charge in [0, 0.05) is 30.6 Å². The van der Waals surface area contributed by atoms with Gasteiger partial charge in [-0.05, 0) is 58.2 Å². The van der Waals surface area contributed by atoms with Crippen molar-refractivity contribution in [2.24, 2.45) is 0 Å². The normalized spacial score (nSPS) is 23.7. The van der Waals surface area contributed by atoms with E-state index in [9.17, 15) is 0 Å². The molecular formula is C19H26N4. The average molecular weight is 310 g/mol. The van der Waals surface area contributed by atoms with E-state index >= 15 is 0 Å². The van der Waals surface area contributed by atoms with Gasteiger partial charge in [0.05, 0.1) is 5.52 Å². The number of piperidine rings is 1. The highest BCUT2D eigenvalue weighted by molar-refractivity contribution is 5.89. The Bertz CT molecular complexity index is 691. The molecule has 122 valence electrons. The van der Waals surface area contributed by atoms with Crippen LogP contribution in [0.15, 0.2) is 24.5 Å². The van der Waals surface area contributed by atoms with Crippen molar-refractivity contribution in [2.45, 2.75) is 51.6 Å². The number of benzene rings is 1. The van der Waals surface area contributed by atoms with Gasteiger partial charge in [0.15, 0.2) is 0 Å². The molecule has 4 heteroatoms. The predicted molar refractivity (Wildman–Crippen MR) is 94.9 cm³/mol. The van der Waals surface area contributed by atoms with Crippen LogP contribution in [0.3, 0.4) is 0 Å².